The van der Waals surface area contributed by atoms with Gasteiger partial charge < -0.3 is 15.4 Å². The molecular weight excluding hydrogens is 391 g/mol. The van der Waals surface area contributed by atoms with Crippen molar-refractivity contribution in [3.05, 3.63) is 85.5 Å². The van der Waals surface area contributed by atoms with E-state index in [0.29, 0.717) is 33.5 Å². The summed E-state index contributed by atoms with van der Waals surface area (Å²) < 4.78 is 1.54. The summed E-state index contributed by atoms with van der Waals surface area (Å²) in [5.74, 6) is -0.476. The number of halogens is 2. The average Bonchev–Trinajstić information content (AvgIpc) is 3.00. The summed E-state index contributed by atoms with van der Waals surface area (Å²) in [6, 6.07) is 13.2. The fourth-order valence-corrected chi connectivity index (χ4v) is 2.75. The number of amides is 1. The number of aryl methyl sites for hydroxylation is 1. The fraction of sp³-hybridized carbons (Fsp3) is 0.111. The van der Waals surface area contributed by atoms with Crippen molar-refractivity contribution in [1.82, 2.24) is 9.78 Å². The third kappa shape index (κ3) is 4.45. The normalized spacial score (nSPS) is 10.6. The molecule has 7 nitrogen and oxygen atoms in total. The van der Waals surface area contributed by atoms with Crippen LogP contribution in [0.5, 0.6) is 0 Å². The number of carbonyl (C=O) groups is 1. The molecule has 0 saturated heterocycles. The van der Waals surface area contributed by atoms with Crippen molar-refractivity contribution in [3.8, 4) is 0 Å². The van der Waals surface area contributed by atoms with E-state index in [4.69, 9.17) is 23.2 Å². The minimum atomic E-state index is -0.528. The lowest BCUT2D eigenvalue weighted by molar-refractivity contribution is -0.389. The molecule has 9 heteroatoms. The van der Waals surface area contributed by atoms with Gasteiger partial charge in [0.25, 0.3) is 5.91 Å². The number of hydrogen-bond donors (Lipinski definition) is 1. The van der Waals surface area contributed by atoms with E-state index < -0.39 is 4.92 Å². The van der Waals surface area contributed by atoms with Gasteiger partial charge in [-0.15, -0.1) is 0 Å². The number of benzene rings is 2. The Morgan fingerprint density at radius 3 is 2.44 bits per heavy atom. The van der Waals surface area contributed by atoms with E-state index in [0.717, 1.165) is 5.56 Å². The maximum absolute atomic E-state index is 12.3. The number of rotatable bonds is 5. The maximum Gasteiger partial charge on any atom is 0.390 e. The molecule has 138 valence electrons. The van der Waals surface area contributed by atoms with Gasteiger partial charge in [-0.3, -0.25) is 4.79 Å². The van der Waals surface area contributed by atoms with E-state index in [-0.39, 0.29) is 11.7 Å². The summed E-state index contributed by atoms with van der Waals surface area (Å²) in [5, 5.41) is 18.3. The minimum Gasteiger partial charge on any atom is -0.358 e. The SMILES string of the molecule is Cc1cc([N+](=O)[O-])nn1Cc1ccc(C(=O)Nc2ccc(Cl)c(Cl)c2)cc1. The molecule has 0 aliphatic rings. The quantitative estimate of drug-likeness (QED) is 0.492. The third-order valence-corrected chi connectivity index (χ3v) is 4.62. The predicted molar refractivity (Wildman–Crippen MR) is 104 cm³/mol. The minimum absolute atomic E-state index is 0.190. The van der Waals surface area contributed by atoms with Crippen LogP contribution in [0.4, 0.5) is 11.5 Å². The van der Waals surface area contributed by atoms with E-state index in [1.807, 2.05) is 0 Å². The molecule has 3 rings (SSSR count). The molecule has 3 aromatic rings. The van der Waals surface area contributed by atoms with Crippen LogP contribution in [0, 0.1) is 17.0 Å². The topological polar surface area (TPSA) is 90.1 Å². The molecule has 1 heterocycles. The highest BCUT2D eigenvalue weighted by molar-refractivity contribution is 6.42. The van der Waals surface area contributed by atoms with Gasteiger partial charge in [0, 0.05) is 11.3 Å². The standard InChI is InChI=1S/C18H14Cl2N4O3/c1-11-8-17(24(26)27)22-23(11)10-12-2-4-13(5-3-12)18(25)21-14-6-7-15(19)16(20)9-14/h2-9H,10H2,1H3,(H,21,25). The van der Waals surface area contributed by atoms with Gasteiger partial charge >= 0.3 is 5.82 Å². The van der Waals surface area contributed by atoms with Gasteiger partial charge in [0.15, 0.2) is 0 Å². The number of nitrogens with one attached hydrogen (secondary N) is 1. The van der Waals surface area contributed by atoms with Crippen LogP contribution in [-0.4, -0.2) is 20.6 Å². The van der Waals surface area contributed by atoms with Gasteiger partial charge in [-0.05, 0) is 47.7 Å². The molecule has 1 aromatic heterocycles. The summed E-state index contributed by atoms with van der Waals surface area (Å²) in [6.45, 7) is 2.12. The molecule has 0 radical (unpaired) electrons. The molecule has 1 N–H and O–H groups in total. The number of carbonyl (C=O) groups excluding carboxylic acids is 1. The van der Waals surface area contributed by atoms with E-state index in [1.54, 1.807) is 54.1 Å². The van der Waals surface area contributed by atoms with Crippen molar-refractivity contribution in [2.24, 2.45) is 0 Å². The number of nitrogens with zero attached hydrogens (tertiary/aromatic N) is 3. The second-order valence-electron chi connectivity index (χ2n) is 5.84. The van der Waals surface area contributed by atoms with E-state index in [2.05, 4.69) is 10.4 Å². The van der Waals surface area contributed by atoms with Gasteiger partial charge in [0.1, 0.15) is 0 Å². The predicted octanol–water partition coefficient (Wildman–Crippen LogP) is 4.71. The molecule has 0 unspecified atom stereocenters. The summed E-state index contributed by atoms with van der Waals surface area (Å²) in [7, 11) is 0. The fourth-order valence-electron chi connectivity index (χ4n) is 2.45. The van der Waals surface area contributed by atoms with Gasteiger partial charge in [-0.2, -0.15) is 4.68 Å². The monoisotopic (exact) mass is 404 g/mol. The molecule has 0 saturated carbocycles. The van der Waals surface area contributed by atoms with Crippen LogP contribution in [0.25, 0.3) is 0 Å². The number of anilines is 1. The zero-order chi connectivity index (χ0) is 19.6. The summed E-state index contributed by atoms with van der Waals surface area (Å²) in [5.41, 5.74) is 2.55. The molecule has 0 spiro atoms. The second kappa shape index (κ2) is 7.77. The molecule has 0 aliphatic heterocycles. The lowest BCUT2D eigenvalue weighted by atomic mass is 10.1. The Labute approximate surface area is 164 Å². The van der Waals surface area contributed by atoms with Crippen LogP contribution in [0.1, 0.15) is 21.6 Å². The Hall–Kier alpha value is -2.90. The number of aromatic nitrogens is 2. The van der Waals surface area contributed by atoms with Crippen LogP contribution >= 0.6 is 23.2 Å². The molecule has 0 aliphatic carbocycles. The molecule has 0 atom stereocenters. The molecular formula is C18H14Cl2N4O3. The molecule has 0 bridgehead atoms. The van der Waals surface area contributed by atoms with Gasteiger partial charge in [-0.1, -0.05) is 35.3 Å². The first-order valence-electron chi connectivity index (χ1n) is 7.87. The van der Waals surface area contributed by atoms with Gasteiger partial charge in [0.05, 0.1) is 33.4 Å². The Morgan fingerprint density at radius 2 is 1.85 bits per heavy atom. The van der Waals surface area contributed by atoms with E-state index >= 15 is 0 Å². The summed E-state index contributed by atoms with van der Waals surface area (Å²) in [6.07, 6.45) is 0. The van der Waals surface area contributed by atoms with Crippen molar-refractivity contribution >= 4 is 40.6 Å². The Balaban J connectivity index is 1.70. The average molecular weight is 405 g/mol. The second-order valence-corrected chi connectivity index (χ2v) is 6.65. The van der Waals surface area contributed by atoms with Crippen molar-refractivity contribution in [1.29, 1.82) is 0 Å². The Morgan fingerprint density at radius 1 is 1.15 bits per heavy atom. The molecule has 2 aromatic carbocycles. The zero-order valence-corrected chi connectivity index (χ0v) is 15.7. The third-order valence-electron chi connectivity index (χ3n) is 3.88. The Kier molecular flexibility index (Phi) is 5.43. The highest BCUT2D eigenvalue weighted by Crippen LogP contribution is 2.25. The molecule has 0 fully saturated rings. The van der Waals surface area contributed by atoms with Crippen molar-refractivity contribution in [2.75, 3.05) is 5.32 Å². The van der Waals surface area contributed by atoms with Crippen LogP contribution in [-0.2, 0) is 6.54 Å². The summed E-state index contributed by atoms with van der Waals surface area (Å²) in [4.78, 5) is 22.6. The number of hydrogen-bond acceptors (Lipinski definition) is 4. The highest BCUT2D eigenvalue weighted by atomic mass is 35.5. The van der Waals surface area contributed by atoms with Crippen LogP contribution in [0.15, 0.2) is 48.5 Å². The van der Waals surface area contributed by atoms with Crippen molar-refractivity contribution in [2.45, 2.75) is 13.5 Å². The van der Waals surface area contributed by atoms with E-state index in [9.17, 15) is 14.9 Å². The van der Waals surface area contributed by atoms with Crippen LogP contribution in [0.3, 0.4) is 0 Å². The molecule has 27 heavy (non-hydrogen) atoms. The zero-order valence-electron chi connectivity index (χ0n) is 14.1. The highest BCUT2D eigenvalue weighted by Gasteiger charge is 2.15. The lowest BCUT2D eigenvalue weighted by Crippen LogP contribution is -2.12. The van der Waals surface area contributed by atoms with Crippen LogP contribution in [0.2, 0.25) is 10.0 Å². The lowest BCUT2D eigenvalue weighted by Gasteiger charge is -2.07. The smallest absolute Gasteiger partial charge is 0.358 e. The van der Waals surface area contributed by atoms with Crippen molar-refractivity contribution in [3.63, 3.8) is 0 Å². The maximum atomic E-state index is 12.3. The Bertz CT molecular complexity index is 1020. The van der Waals surface area contributed by atoms with Crippen LogP contribution < -0.4 is 5.32 Å². The summed E-state index contributed by atoms with van der Waals surface area (Å²) >= 11 is 11.8. The van der Waals surface area contributed by atoms with Gasteiger partial charge in [0.2, 0.25) is 0 Å². The first-order valence-corrected chi connectivity index (χ1v) is 8.63. The van der Waals surface area contributed by atoms with E-state index in [1.165, 1.54) is 6.07 Å². The largest absolute Gasteiger partial charge is 0.390 e. The first-order chi connectivity index (χ1) is 12.8. The van der Waals surface area contributed by atoms with Gasteiger partial charge in [-0.25, -0.2) is 0 Å². The first kappa shape index (κ1) is 18.9. The number of nitro groups is 1. The van der Waals surface area contributed by atoms with Crippen molar-refractivity contribution < 1.29 is 9.72 Å². The molecule has 1 amide bonds.